The zero-order valence-corrected chi connectivity index (χ0v) is 39.1. The van der Waals surface area contributed by atoms with E-state index in [0.29, 0.717) is 87.9 Å². The minimum Gasteiger partial charge on any atom is -0.450 e. The van der Waals surface area contributed by atoms with Crippen LogP contribution in [0.1, 0.15) is 51.3 Å². The van der Waals surface area contributed by atoms with Crippen molar-refractivity contribution in [1.29, 1.82) is 0 Å². The summed E-state index contributed by atoms with van der Waals surface area (Å²) >= 11 is 0. The monoisotopic (exact) mass is 979 g/mol. The number of phosphoric ester groups is 1. The van der Waals surface area contributed by atoms with Gasteiger partial charge in [0.05, 0.1) is 63.3 Å². The van der Waals surface area contributed by atoms with Gasteiger partial charge in [0.25, 0.3) is 0 Å². The number of ether oxygens (including phenoxy) is 7. The molecule has 1 aliphatic heterocycles. The number of hydrogen-bond acceptors (Lipinski definition) is 21. The number of alkyl carbamates (subject to hydrolysis) is 2. The summed E-state index contributed by atoms with van der Waals surface area (Å²) in [7, 11) is -2.47. The van der Waals surface area contributed by atoms with Crippen molar-refractivity contribution >= 4 is 88.3 Å². The number of phosphoric acid groups is 1. The van der Waals surface area contributed by atoms with Crippen molar-refractivity contribution in [3.05, 3.63) is 18.1 Å². The van der Waals surface area contributed by atoms with Gasteiger partial charge in [-0.15, -0.1) is 0 Å². The molecule has 1 aliphatic rings. The van der Waals surface area contributed by atoms with Gasteiger partial charge >= 0.3 is 28.3 Å². The molecule has 2 amide bonds. The van der Waals surface area contributed by atoms with Crippen LogP contribution in [0.5, 0.6) is 0 Å². The van der Waals surface area contributed by atoms with Crippen LogP contribution in [0.25, 0.3) is 11.0 Å². The van der Waals surface area contributed by atoms with Crippen molar-refractivity contribution in [3.63, 3.8) is 0 Å². The quantitative estimate of drug-likeness (QED) is 0.0159. The molecule has 2 aromatic rings. The predicted molar refractivity (Wildman–Crippen MR) is 235 cm³/mol. The summed E-state index contributed by atoms with van der Waals surface area (Å²) in [6.45, 7) is 7.07. The molecule has 3 unspecified atom stereocenters. The lowest BCUT2D eigenvalue weighted by molar-refractivity contribution is -0.0518. The molecule has 346 valence electrons. The number of nitrogens with zero attached hydrogens (tertiary/aromatic N) is 3. The van der Waals surface area contributed by atoms with E-state index in [1.165, 1.54) is 27.9 Å². The van der Waals surface area contributed by atoms with Gasteiger partial charge < -0.3 is 64.3 Å². The molecule has 0 aromatic carbocycles. The standard InChI is InChI=1S/C33H55N7O15P2S4/c1-33(2,7-13-51-32(42)37-10-15-48-17-16-47-14-8-34)61-60-22-49-11-4-5-12-50-31(41)36-9-6-24-19-40(30-28(24)29(35)38-21-39-30)27-18-25(52-23-59-58-3)26(54-27)20-53-57(45,46)55-56(43)44/h19,21,25-27,56H,4-5,7-8,10-18,20,22-23,34H2,1-3H3,(H,36,41)(H,37,42)(H,43,44)(H,45,46)(H2,35,38,39)/t25?,26-,27-/m1/s1. The second-order valence-corrected chi connectivity index (χ2v) is 21.0. The van der Waals surface area contributed by atoms with Crippen LogP contribution in [0.2, 0.25) is 0 Å². The molecule has 28 heteroatoms. The van der Waals surface area contributed by atoms with Crippen molar-refractivity contribution in [3.8, 4) is 12.0 Å². The molecule has 22 nitrogen and oxygen atoms in total. The summed E-state index contributed by atoms with van der Waals surface area (Å²) < 4.78 is 72.4. The largest absolute Gasteiger partial charge is 0.479 e. The lowest BCUT2D eigenvalue weighted by Gasteiger charge is -2.22. The van der Waals surface area contributed by atoms with Crippen LogP contribution in [0.3, 0.4) is 0 Å². The van der Waals surface area contributed by atoms with Gasteiger partial charge in [0.15, 0.2) is 0 Å². The van der Waals surface area contributed by atoms with Crippen LogP contribution in [0, 0.1) is 12.0 Å². The summed E-state index contributed by atoms with van der Waals surface area (Å²) in [5.74, 6) is 3.71. The van der Waals surface area contributed by atoms with Crippen LogP contribution in [0.15, 0.2) is 12.5 Å². The van der Waals surface area contributed by atoms with Crippen LogP contribution >= 0.6 is 59.3 Å². The molecular formula is C33H55N7O15P2S4. The van der Waals surface area contributed by atoms with Crippen LogP contribution in [-0.4, -0.2) is 138 Å². The van der Waals surface area contributed by atoms with Gasteiger partial charge in [-0.25, -0.2) is 33.7 Å². The fourth-order valence-electron chi connectivity index (χ4n) is 5.12. The Hall–Kier alpha value is -2.02. The molecule has 1 fully saturated rings. The Kier molecular flexibility index (Phi) is 25.7. The number of carbonyl (C=O) groups excluding carboxylic acids is 2. The number of nitrogens with one attached hydrogen (secondary N) is 2. The Balaban J connectivity index is 1.35. The van der Waals surface area contributed by atoms with Crippen molar-refractivity contribution in [2.24, 2.45) is 5.73 Å². The summed E-state index contributed by atoms with van der Waals surface area (Å²) in [4.78, 5) is 51.3. The van der Waals surface area contributed by atoms with E-state index in [9.17, 15) is 23.6 Å². The van der Waals surface area contributed by atoms with Gasteiger partial charge in [0, 0.05) is 43.1 Å². The Labute approximate surface area is 370 Å². The maximum Gasteiger partial charge on any atom is 0.479 e. The summed E-state index contributed by atoms with van der Waals surface area (Å²) in [6, 6.07) is 2.58. The second kappa shape index (κ2) is 29.4. The number of nitrogens with two attached hydrogens (primary N) is 2. The molecule has 3 heterocycles. The topological polar surface area (TPSA) is 299 Å². The normalized spacial score (nSPS) is 18.0. The highest BCUT2D eigenvalue weighted by atomic mass is 33.1. The number of hydrogen-bond donors (Lipinski definition) is 6. The van der Waals surface area contributed by atoms with Crippen LogP contribution in [0.4, 0.5) is 15.4 Å². The smallest absolute Gasteiger partial charge is 0.450 e. The van der Waals surface area contributed by atoms with Crippen LogP contribution in [-0.2, 0) is 51.1 Å². The van der Waals surface area contributed by atoms with E-state index in [4.69, 9.17) is 54.0 Å². The molecule has 0 saturated carbocycles. The Bertz CT molecular complexity index is 1780. The van der Waals surface area contributed by atoms with Crippen molar-refractivity contribution in [2.45, 2.75) is 62.7 Å². The van der Waals surface area contributed by atoms with Crippen molar-refractivity contribution in [2.75, 3.05) is 89.8 Å². The number of aromatic nitrogens is 3. The zero-order valence-electron chi connectivity index (χ0n) is 34.0. The first-order chi connectivity index (χ1) is 29.2. The van der Waals surface area contributed by atoms with Gasteiger partial charge in [-0.1, -0.05) is 43.2 Å². The maximum atomic E-state index is 12.3. The molecule has 5 atom stereocenters. The minimum absolute atomic E-state index is 0.129. The van der Waals surface area contributed by atoms with Gasteiger partial charge in [0.2, 0.25) is 0 Å². The fraction of sp³-hybridized carbons (Fsp3) is 0.697. The second-order valence-electron chi connectivity index (χ2n) is 13.0. The third-order valence-electron chi connectivity index (χ3n) is 7.95. The predicted octanol–water partition coefficient (Wildman–Crippen LogP) is 4.23. The lowest BCUT2D eigenvalue weighted by Crippen LogP contribution is -2.29. The van der Waals surface area contributed by atoms with Gasteiger partial charge in [-0.05, 0) is 45.3 Å². The molecule has 0 spiro atoms. The molecule has 3 rings (SSSR count). The number of rotatable bonds is 30. The van der Waals surface area contributed by atoms with Gasteiger partial charge in [-0.2, -0.15) is 0 Å². The summed E-state index contributed by atoms with van der Waals surface area (Å²) in [6.07, 6.45) is 3.46. The zero-order chi connectivity index (χ0) is 44.5. The van der Waals surface area contributed by atoms with Crippen molar-refractivity contribution < 1.29 is 70.5 Å². The molecule has 0 aliphatic carbocycles. The minimum atomic E-state index is -4.84. The number of anilines is 1. The molecule has 1 saturated heterocycles. The van der Waals surface area contributed by atoms with E-state index in [2.05, 4.69) is 50.7 Å². The first kappa shape index (κ1) is 53.3. The van der Waals surface area contributed by atoms with Gasteiger partial charge in [0.1, 0.15) is 42.0 Å². The number of carbonyl (C=O) groups is 2. The summed E-state index contributed by atoms with van der Waals surface area (Å²) in [5, 5.41) is 5.44. The number of amides is 2. The van der Waals surface area contributed by atoms with Crippen LogP contribution < -0.4 is 22.1 Å². The molecule has 61 heavy (non-hydrogen) atoms. The molecule has 0 radical (unpaired) electrons. The Morgan fingerprint density at radius 2 is 1.82 bits per heavy atom. The first-order valence-corrected chi connectivity index (χ1v) is 26.6. The van der Waals surface area contributed by atoms with E-state index < -0.39 is 53.3 Å². The summed E-state index contributed by atoms with van der Waals surface area (Å²) in [5.41, 5.74) is 12.3. The highest BCUT2D eigenvalue weighted by Gasteiger charge is 2.40. The van der Waals surface area contributed by atoms with Crippen molar-refractivity contribution in [1.82, 2.24) is 25.2 Å². The number of nitrogen functional groups attached to an aromatic ring is 1. The van der Waals surface area contributed by atoms with E-state index in [1.807, 2.05) is 6.26 Å². The van der Waals surface area contributed by atoms with E-state index in [1.54, 1.807) is 32.4 Å². The Morgan fingerprint density at radius 1 is 1.07 bits per heavy atom. The van der Waals surface area contributed by atoms with E-state index >= 15 is 0 Å². The molecule has 8 N–H and O–H groups in total. The van der Waals surface area contributed by atoms with Gasteiger partial charge in [-0.3, -0.25) is 9.09 Å². The fourth-order valence-corrected chi connectivity index (χ4v) is 9.51. The molecule has 0 bridgehead atoms. The SMILES string of the molecule is CSSCOC1C[C@H](n2cc(C#CNC(=O)OCCCCOCSSC(C)(C)CCOC(=O)NCCOCCOCCN)c3c(N)ncnc32)O[C@@H]1COP(=O)(O)O[PH](=O)O. The third kappa shape index (κ3) is 21.5. The number of unbranched alkanes of at least 4 members (excludes halogenated alkanes) is 1. The molecular weight excluding hydrogens is 925 g/mol. The van der Waals surface area contributed by atoms with E-state index in [-0.39, 0.29) is 36.1 Å². The number of fused-ring (bicyclic) bond motifs is 1. The first-order valence-electron chi connectivity index (χ1n) is 18.8. The Morgan fingerprint density at radius 3 is 2.57 bits per heavy atom. The highest BCUT2D eigenvalue weighted by Crippen LogP contribution is 2.51. The average Bonchev–Trinajstić information content (AvgIpc) is 3.78. The highest BCUT2D eigenvalue weighted by molar-refractivity contribution is 8.77. The third-order valence-corrected chi connectivity index (χ3v) is 14.5. The average molecular weight is 980 g/mol. The lowest BCUT2D eigenvalue weighted by atomic mass is 10.1. The molecule has 2 aromatic heterocycles. The van der Waals surface area contributed by atoms with E-state index in [0.717, 1.165) is 0 Å². The maximum absolute atomic E-state index is 12.3.